The summed E-state index contributed by atoms with van der Waals surface area (Å²) in [6.45, 7) is 5.40. The Morgan fingerprint density at radius 1 is 1.14 bits per heavy atom. The van der Waals surface area contributed by atoms with Crippen molar-refractivity contribution >= 4 is 39.2 Å². The highest BCUT2D eigenvalue weighted by molar-refractivity contribution is 7.17. The van der Waals surface area contributed by atoms with E-state index < -0.39 is 40.8 Å². The molecule has 0 unspecified atom stereocenters. The van der Waals surface area contributed by atoms with Gasteiger partial charge in [0.2, 0.25) is 34.8 Å². The third-order valence-electron chi connectivity index (χ3n) is 7.25. The average Bonchev–Trinajstić information content (AvgIpc) is 3.56. The molecule has 42 heavy (non-hydrogen) atoms. The molecule has 2 aliphatic heterocycles. The van der Waals surface area contributed by atoms with Crippen LogP contribution in [0.5, 0.6) is 5.75 Å². The van der Waals surface area contributed by atoms with Gasteiger partial charge in [-0.1, -0.05) is 17.4 Å². The van der Waals surface area contributed by atoms with Gasteiger partial charge in [0.1, 0.15) is 4.88 Å². The normalized spacial score (nSPS) is 18.2. The molecule has 1 atom stereocenters. The number of nitrogens with one attached hydrogen (secondary N) is 2. The van der Waals surface area contributed by atoms with E-state index in [-0.39, 0.29) is 23.1 Å². The molecule has 1 fully saturated rings. The van der Waals surface area contributed by atoms with Crippen molar-refractivity contribution in [2.75, 3.05) is 24.7 Å². The minimum absolute atomic E-state index is 0.111. The van der Waals surface area contributed by atoms with Crippen molar-refractivity contribution in [3.8, 4) is 5.75 Å². The predicted molar refractivity (Wildman–Crippen MR) is 143 cm³/mol. The molecule has 0 radical (unpaired) electrons. The molecule has 4 aromatic rings. The predicted octanol–water partition coefficient (Wildman–Crippen LogP) is 5.05. The SMILES string of the molecule is CC1(C)Cc2nc(N3CCOC[C@@H]3Cc3c[nH]c4cc(C(=O)Oc5c(F)c(F)c(F)c(F)c5F)ccc34)sc2C(=O)N1. The number of amides is 1. The lowest BCUT2D eigenvalue weighted by atomic mass is 9.94. The molecule has 2 aromatic carbocycles. The van der Waals surface area contributed by atoms with Gasteiger partial charge in [0.15, 0.2) is 5.13 Å². The summed E-state index contributed by atoms with van der Waals surface area (Å²) in [7, 11) is 0. The van der Waals surface area contributed by atoms with Crippen LogP contribution in [0.25, 0.3) is 10.9 Å². The molecule has 1 saturated heterocycles. The number of morpholine rings is 1. The van der Waals surface area contributed by atoms with Crippen LogP contribution in [0.4, 0.5) is 27.1 Å². The summed E-state index contributed by atoms with van der Waals surface area (Å²) < 4.78 is 78.6. The zero-order valence-corrected chi connectivity index (χ0v) is 23.1. The molecule has 4 heterocycles. The number of hydrogen-bond acceptors (Lipinski definition) is 7. The summed E-state index contributed by atoms with van der Waals surface area (Å²) >= 11 is 1.35. The maximum atomic E-state index is 14.0. The average molecular weight is 607 g/mol. The first-order valence-electron chi connectivity index (χ1n) is 12.9. The van der Waals surface area contributed by atoms with Gasteiger partial charge in [0, 0.05) is 35.6 Å². The summed E-state index contributed by atoms with van der Waals surface area (Å²) in [6.07, 6.45) is 2.90. The largest absolute Gasteiger partial charge is 0.416 e. The number of benzene rings is 2. The van der Waals surface area contributed by atoms with Gasteiger partial charge in [-0.05, 0) is 38.0 Å². The minimum atomic E-state index is -2.35. The standard InChI is InChI=1S/C28H23F5N4O4S/c1-28(2)9-17-24(25(38)36-28)42-27(35-17)37-5-6-40-11-14(37)7-13-10-34-16-8-12(3-4-15(13)16)26(39)41-23-21(32)19(30)18(29)20(31)22(23)33/h3-4,8,10,14,34H,5-7,9,11H2,1-2H3,(H,36,38)/t14-/m0/s1. The Bertz CT molecular complexity index is 1720. The number of ether oxygens (including phenoxy) is 2. The number of aromatic nitrogens is 2. The van der Waals surface area contributed by atoms with E-state index in [4.69, 9.17) is 9.72 Å². The molecular formula is C28H23F5N4O4S. The minimum Gasteiger partial charge on any atom is -0.416 e. The Morgan fingerprint density at radius 3 is 2.60 bits per heavy atom. The van der Waals surface area contributed by atoms with Gasteiger partial charge in [-0.3, -0.25) is 4.79 Å². The van der Waals surface area contributed by atoms with Crippen LogP contribution in [0.3, 0.4) is 0 Å². The van der Waals surface area contributed by atoms with E-state index in [0.717, 1.165) is 21.8 Å². The van der Waals surface area contributed by atoms with E-state index in [1.165, 1.54) is 23.5 Å². The van der Waals surface area contributed by atoms with Gasteiger partial charge in [-0.25, -0.2) is 22.9 Å². The number of aromatic amines is 1. The second-order valence-corrected chi connectivity index (χ2v) is 11.8. The quantitative estimate of drug-likeness (QED) is 0.109. The van der Waals surface area contributed by atoms with Gasteiger partial charge in [-0.2, -0.15) is 8.78 Å². The van der Waals surface area contributed by atoms with E-state index in [1.54, 1.807) is 12.3 Å². The Balaban J connectivity index is 1.23. The molecule has 220 valence electrons. The highest BCUT2D eigenvalue weighted by Crippen LogP contribution is 2.35. The van der Waals surface area contributed by atoms with Crippen LogP contribution < -0.4 is 15.0 Å². The Labute approximate surface area is 239 Å². The molecule has 1 amide bonds. The number of thiazole rings is 1. The fraction of sp³-hybridized carbons (Fsp3) is 0.321. The molecule has 0 bridgehead atoms. The van der Waals surface area contributed by atoms with E-state index in [0.29, 0.717) is 43.0 Å². The first-order chi connectivity index (χ1) is 19.9. The highest BCUT2D eigenvalue weighted by atomic mass is 32.1. The van der Waals surface area contributed by atoms with Crippen molar-refractivity contribution < 1.29 is 41.0 Å². The highest BCUT2D eigenvalue weighted by Gasteiger charge is 2.36. The molecule has 0 saturated carbocycles. The molecule has 6 rings (SSSR count). The van der Waals surface area contributed by atoms with Crippen molar-refractivity contribution in [1.82, 2.24) is 15.3 Å². The number of fused-ring (bicyclic) bond motifs is 2. The molecule has 2 N–H and O–H groups in total. The number of H-pyrrole nitrogens is 1. The fourth-order valence-corrected chi connectivity index (χ4v) is 6.30. The van der Waals surface area contributed by atoms with Crippen molar-refractivity contribution in [3.05, 3.63) is 75.2 Å². The third-order valence-corrected chi connectivity index (χ3v) is 8.38. The maximum absolute atomic E-state index is 14.0. The van der Waals surface area contributed by atoms with Gasteiger partial charge in [-0.15, -0.1) is 0 Å². The van der Waals surface area contributed by atoms with Gasteiger partial charge >= 0.3 is 5.97 Å². The molecule has 14 heteroatoms. The van der Waals surface area contributed by atoms with Crippen molar-refractivity contribution in [3.63, 3.8) is 0 Å². The first-order valence-corrected chi connectivity index (χ1v) is 13.8. The van der Waals surface area contributed by atoms with Crippen molar-refractivity contribution in [2.24, 2.45) is 0 Å². The molecule has 2 aliphatic rings. The third kappa shape index (κ3) is 4.87. The summed E-state index contributed by atoms with van der Waals surface area (Å²) in [5, 5.41) is 4.48. The summed E-state index contributed by atoms with van der Waals surface area (Å²) in [4.78, 5) is 35.8. The van der Waals surface area contributed by atoms with Crippen molar-refractivity contribution in [2.45, 2.75) is 38.3 Å². The smallest absolute Gasteiger partial charge is 0.343 e. The van der Waals surface area contributed by atoms with Crippen LogP contribution in [0, 0.1) is 29.1 Å². The number of carbonyl (C=O) groups is 2. The van der Waals surface area contributed by atoms with Crippen LogP contribution >= 0.6 is 11.3 Å². The second kappa shape index (κ2) is 10.3. The van der Waals surface area contributed by atoms with Crippen LogP contribution in [0.1, 0.15) is 45.1 Å². The topological polar surface area (TPSA) is 96.6 Å². The Hall–Kier alpha value is -4.04. The number of carbonyl (C=O) groups excluding carboxylic acids is 2. The lowest BCUT2D eigenvalue weighted by Gasteiger charge is -2.35. The van der Waals surface area contributed by atoms with Crippen LogP contribution in [0.15, 0.2) is 24.4 Å². The lowest BCUT2D eigenvalue weighted by molar-refractivity contribution is 0.0715. The monoisotopic (exact) mass is 606 g/mol. The number of esters is 1. The van der Waals surface area contributed by atoms with Crippen LogP contribution in [-0.2, 0) is 17.6 Å². The molecule has 8 nitrogen and oxygen atoms in total. The molecule has 0 aliphatic carbocycles. The fourth-order valence-electron chi connectivity index (χ4n) is 5.22. The molecule has 2 aromatic heterocycles. The van der Waals surface area contributed by atoms with Gasteiger partial charge < -0.3 is 24.7 Å². The number of rotatable bonds is 5. The number of hydrogen-bond donors (Lipinski definition) is 2. The Kier molecular flexibility index (Phi) is 6.92. The van der Waals surface area contributed by atoms with Gasteiger partial charge in [0.05, 0.1) is 30.5 Å². The maximum Gasteiger partial charge on any atom is 0.343 e. The summed E-state index contributed by atoms with van der Waals surface area (Å²) in [5.74, 6) is -14.4. The zero-order chi connectivity index (χ0) is 29.9. The lowest BCUT2D eigenvalue weighted by Crippen LogP contribution is -2.48. The number of anilines is 1. The van der Waals surface area contributed by atoms with Crippen molar-refractivity contribution in [1.29, 1.82) is 0 Å². The van der Waals surface area contributed by atoms with E-state index >= 15 is 0 Å². The van der Waals surface area contributed by atoms with E-state index in [2.05, 4.69) is 19.9 Å². The van der Waals surface area contributed by atoms with E-state index in [9.17, 15) is 31.5 Å². The first kappa shape index (κ1) is 28.1. The second-order valence-electron chi connectivity index (χ2n) is 10.8. The summed E-state index contributed by atoms with van der Waals surface area (Å²) in [6, 6.07) is 4.18. The van der Waals surface area contributed by atoms with E-state index in [1.807, 2.05) is 13.8 Å². The van der Waals surface area contributed by atoms with Crippen LogP contribution in [0.2, 0.25) is 0 Å². The van der Waals surface area contributed by atoms with Crippen LogP contribution in [-0.4, -0.2) is 53.2 Å². The summed E-state index contributed by atoms with van der Waals surface area (Å²) in [5.41, 5.74) is 1.58. The molecular weight excluding hydrogens is 583 g/mol. The zero-order valence-electron chi connectivity index (χ0n) is 22.2. The Morgan fingerprint density at radius 2 is 1.86 bits per heavy atom. The van der Waals surface area contributed by atoms with Gasteiger partial charge in [0.25, 0.3) is 5.91 Å². The number of nitrogens with zero attached hydrogens (tertiary/aromatic N) is 2. The number of halogens is 5. The molecule has 0 spiro atoms.